The third-order valence-corrected chi connectivity index (χ3v) is 3.58. The fourth-order valence-corrected chi connectivity index (χ4v) is 2.03. The molecule has 1 heterocycles. The topological polar surface area (TPSA) is 12.9 Å². The molecule has 0 aliphatic rings. The van der Waals surface area contributed by atoms with Crippen LogP contribution in [0.3, 0.4) is 0 Å². The third-order valence-electron chi connectivity index (χ3n) is 3.14. The molecule has 1 nitrogen and oxygen atoms in total. The molecule has 0 radical (unpaired) electrons. The molecule has 0 aliphatic heterocycles. The van der Waals surface area contributed by atoms with E-state index in [-0.39, 0.29) is 5.41 Å². The van der Waals surface area contributed by atoms with Gasteiger partial charge in [0, 0.05) is 22.3 Å². The summed E-state index contributed by atoms with van der Waals surface area (Å²) in [7, 11) is 0. The third kappa shape index (κ3) is 3.18. The number of nitrogens with zero attached hydrogens (tertiary/aromatic N) is 1. The number of hydrogen-bond acceptors (Lipinski definition) is 1. The van der Waals surface area contributed by atoms with Gasteiger partial charge >= 0.3 is 0 Å². The van der Waals surface area contributed by atoms with Crippen molar-refractivity contribution in [2.45, 2.75) is 45.4 Å². The van der Waals surface area contributed by atoms with Crippen LogP contribution in [0.2, 0.25) is 0 Å². The van der Waals surface area contributed by atoms with E-state index in [0.717, 1.165) is 10.9 Å². The molecule has 1 rings (SSSR count). The van der Waals surface area contributed by atoms with Crippen LogP contribution >= 0.6 is 15.9 Å². The summed E-state index contributed by atoms with van der Waals surface area (Å²) in [5.41, 5.74) is 2.52. The summed E-state index contributed by atoms with van der Waals surface area (Å²) in [4.78, 5) is 4.23. The first-order chi connectivity index (χ1) is 7.48. The predicted molar refractivity (Wildman–Crippen MR) is 73.6 cm³/mol. The molecule has 0 amide bonds. The Morgan fingerprint density at radius 3 is 2.69 bits per heavy atom. The van der Waals surface area contributed by atoms with Crippen molar-refractivity contribution >= 4 is 15.9 Å². The van der Waals surface area contributed by atoms with Crippen molar-refractivity contribution in [2.75, 3.05) is 0 Å². The van der Waals surface area contributed by atoms with Gasteiger partial charge in [0.15, 0.2) is 0 Å². The quantitative estimate of drug-likeness (QED) is 0.702. The second-order valence-electron chi connectivity index (χ2n) is 4.72. The zero-order chi connectivity index (χ0) is 12.2. The van der Waals surface area contributed by atoms with E-state index in [0.29, 0.717) is 0 Å². The summed E-state index contributed by atoms with van der Waals surface area (Å²) in [5, 5.41) is 0. The number of rotatable bonds is 5. The summed E-state index contributed by atoms with van der Waals surface area (Å²) in [6, 6.07) is 2.13. The van der Waals surface area contributed by atoms with Gasteiger partial charge in [0.2, 0.25) is 0 Å². The van der Waals surface area contributed by atoms with Crippen LogP contribution in [0.15, 0.2) is 35.1 Å². The van der Waals surface area contributed by atoms with Gasteiger partial charge in [0.1, 0.15) is 0 Å². The van der Waals surface area contributed by atoms with Crippen molar-refractivity contribution in [3.63, 3.8) is 0 Å². The Balaban J connectivity index is 2.88. The molecule has 0 fully saturated rings. The molecule has 0 atom stereocenters. The molecule has 0 N–H and O–H groups in total. The van der Waals surface area contributed by atoms with Gasteiger partial charge in [0.05, 0.1) is 0 Å². The normalized spacial score (nSPS) is 11.5. The molecule has 0 saturated carbocycles. The molecule has 2 heteroatoms. The fraction of sp³-hybridized carbons (Fsp3) is 0.500. The van der Waals surface area contributed by atoms with Crippen LogP contribution in [-0.4, -0.2) is 4.98 Å². The summed E-state index contributed by atoms with van der Waals surface area (Å²) in [6.07, 6.45) is 7.27. The summed E-state index contributed by atoms with van der Waals surface area (Å²) < 4.78 is 1.03. The Morgan fingerprint density at radius 2 is 2.12 bits per heavy atom. The Kier molecular flexibility index (Phi) is 4.72. The highest BCUT2D eigenvalue weighted by Gasteiger charge is 2.24. The maximum absolute atomic E-state index is 4.23. The molecule has 0 unspecified atom stereocenters. The summed E-state index contributed by atoms with van der Waals surface area (Å²) >= 11 is 3.46. The minimum Gasteiger partial charge on any atom is -0.263 e. The molecule has 0 spiro atoms. The van der Waals surface area contributed by atoms with E-state index < -0.39 is 0 Å². The Labute approximate surface area is 107 Å². The molecule has 1 aromatic heterocycles. The van der Waals surface area contributed by atoms with E-state index in [9.17, 15) is 0 Å². The monoisotopic (exact) mass is 281 g/mol. The highest BCUT2D eigenvalue weighted by molar-refractivity contribution is 9.10. The van der Waals surface area contributed by atoms with Crippen LogP contribution in [-0.2, 0) is 5.41 Å². The smallest absolute Gasteiger partial charge is 0.0410 e. The SMILES string of the molecule is C=C(CCCC)C(C)(C)c1cncc(Br)c1. The van der Waals surface area contributed by atoms with Crippen LogP contribution in [0.1, 0.15) is 45.6 Å². The molecule has 1 aromatic rings. The first kappa shape index (κ1) is 13.4. The van der Waals surface area contributed by atoms with Gasteiger partial charge in [-0.15, -0.1) is 0 Å². The molecular weight excluding hydrogens is 262 g/mol. The lowest BCUT2D eigenvalue weighted by Gasteiger charge is -2.28. The minimum atomic E-state index is 0.00590. The maximum atomic E-state index is 4.23. The van der Waals surface area contributed by atoms with Gasteiger partial charge in [-0.05, 0) is 40.4 Å². The van der Waals surface area contributed by atoms with Crippen molar-refractivity contribution in [2.24, 2.45) is 0 Å². The molecule has 0 aliphatic carbocycles. The number of aromatic nitrogens is 1. The predicted octanol–water partition coefficient (Wildman–Crippen LogP) is 4.87. The lowest BCUT2D eigenvalue weighted by atomic mass is 9.77. The molecule has 0 aromatic carbocycles. The number of pyridine rings is 1. The first-order valence-corrected chi connectivity index (χ1v) is 6.57. The lowest BCUT2D eigenvalue weighted by Crippen LogP contribution is -2.20. The van der Waals surface area contributed by atoms with Gasteiger partial charge in [-0.2, -0.15) is 0 Å². The Bertz CT molecular complexity index is 369. The van der Waals surface area contributed by atoms with Crippen LogP contribution in [0.4, 0.5) is 0 Å². The van der Waals surface area contributed by atoms with Gasteiger partial charge in [0.25, 0.3) is 0 Å². The Morgan fingerprint density at radius 1 is 1.44 bits per heavy atom. The molecule has 88 valence electrons. The fourth-order valence-electron chi connectivity index (χ4n) is 1.66. The average molecular weight is 282 g/mol. The number of hydrogen-bond donors (Lipinski definition) is 0. The van der Waals surface area contributed by atoms with Crippen LogP contribution in [0.5, 0.6) is 0 Å². The average Bonchev–Trinajstić information content (AvgIpc) is 2.25. The van der Waals surface area contributed by atoms with E-state index in [2.05, 4.69) is 54.3 Å². The van der Waals surface area contributed by atoms with Gasteiger partial charge in [-0.3, -0.25) is 4.98 Å². The van der Waals surface area contributed by atoms with Crippen LogP contribution in [0.25, 0.3) is 0 Å². The number of allylic oxidation sites excluding steroid dienone is 1. The summed E-state index contributed by atoms with van der Waals surface area (Å²) in [6.45, 7) is 10.9. The zero-order valence-electron chi connectivity index (χ0n) is 10.4. The molecule has 0 bridgehead atoms. The lowest BCUT2D eigenvalue weighted by molar-refractivity contribution is 0.578. The van der Waals surface area contributed by atoms with Gasteiger partial charge in [-0.25, -0.2) is 0 Å². The van der Waals surface area contributed by atoms with E-state index in [1.54, 1.807) is 0 Å². The van der Waals surface area contributed by atoms with Crippen molar-refractivity contribution in [1.82, 2.24) is 4.98 Å². The second kappa shape index (κ2) is 5.62. The number of halogens is 1. The first-order valence-electron chi connectivity index (χ1n) is 5.77. The number of unbranched alkanes of at least 4 members (excludes halogenated alkanes) is 1. The van der Waals surface area contributed by atoms with E-state index in [4.69, 9.17) is 0 Å². The highest BCUT2D eigenvalue weighted by Crippen LogP contribution is 2.33. The van der Waals surface area contributed by atoms with Gasteiger partial charge < -0.3 is 0 Å². The molecular formula is C14H20BrN. The molecule has 16 heavy (non-hydrogen) atoms. The maximum Gasteiger partial charge on any atom is 0.0410 e. The van der Waals surface area contributed by atoms with Crippen LogP contribution in [0, 0.1) is 0 Å². The van der Waals surface area contributed by atoms with Crippen molar-refractivity contribution in [3.05, 3.63) is 40.6 Å². The van der Waals surface area contributed by atoms with Crippen molar-refractivity contribution < 1.29 is 0 Å². The standard InChI is InChI=1S/C14H20BrN/c1-5-6-7-11(2)14(3,4)12-8-13(15)10-16-9-12/h8-10H,2,5-7H2,1,3-4H3. The van der Waals surface area contributed by atoms with E-state index in [1.165, 1.54) is 24.0 Å². The zero-order valence-corrected chi connectivity index (χ0v) is 12.0. The summed E-state index contributed by atoms with van der Waals surface area (Å²) in [5.74, 6) is 0. The van der Waals surface area contributed by atoms with Crippen LogP contribution < -0.4 is 0 Å². The molecule has 0 saturated heterocycles. The minimum absolute atomic E-state index is 0.00590. The highest BCUT2D eigenvalue weighted by atomic mass is 79.9. The van der Waals surface area contributed by atoms with E-state index >= 15 is 0 Å². The largest absolute Gasteiger partial charge is 0.263 e. The Hall–Kier alpha value is -0.630. The van der Waals surface area contributed by atoms with Gasteiger partial charge in [-0.1, -0.05) is 39.3 Å². The second-order valence-corrected chi connectivity index (χ2v) is 5.64. The van der Waals surface area contributed by atoms with Crippen molar-refractivity contribution in [3.8, 4) is 0 Å². The van der Waals surface area contributed by atoms with E-state index in [1.807, 2.05) is 12.4 Å². The van der Waals surface area contributed by atoms with Crippen molar-refractivity contribution in [1.29, 1.82) is 0 Å².